The van der Waals surface area contributed by atoms with E-state index >= 15 is 0 Å². The van der Waals surface area contributed by atoms with E-state index in [0.29, 0.717) is 13.1 Å². The van der Waals surface area contributed by atoms with Crippen LogP contribution in [-0.2, 0) is 9.53 Å². The lowest BCUT2D eigenvalue weighted by atomic mass is 10.0. The zero-order valence-electron chi connectivity index (χ0n) is 7.59. The molecule has 0 heterocycles. The van der Waals surface area contributed by atoms with Gasteiger partial charge in [-0.3, -0.25) is 4.79 Å². The predicted octanol–water partition coefficient (Wildman–Crippen LogP) is 2.89. The number of carbonyl (C=O) groups is 1. The molecule has 3 heteroatoms. The van der Waals surface area contributed by atoms with Crippen LogP contribution in [0.1, 0.15) is 39.0 Å². The van der Waals surface area contributed by atoms with E-state index in [2.05, 4.69) is 20.7 Å². The maximum absolute atomic E-state index is 9.18. The Bertz CT molecular complexity index is 101. The molecule has 0 aromatic carbocycles. The van der Waals surface area contributed by atoms with Gasteiger partial charge in [-0.05, 0) is 19.8 Å². The van der Waals surface area contributed by atoms with Gasteiger partial charge in [0.05, 0.1) is 6.61 Å². The molecule has 1 fully saturated rings. The van der Waals surface area contributed by atoms with Crippen molar-refractivity contribution in [2.45, 2.75) is 43.9 Å². The van der Waals surface area contributed by atoms with Crippen molar-refractivity contribution in [2.75, 3.05) is 6.61 Å². The first kappa shape index (κ1) is 11.9. The van der Waals surface area contributed by atoms with Gasteiger partial charge in [-0.1, -0.05) is 35.2 Å². The summed E-state index contributed by atoms with van der Waals surface area (Å²) in [7, 11) is 0. The zero-order valence-corrected chi connectivity index (χ0v) is 9.18. The van der Waals surface area contributed by atoms with Gasteiger partial charge in [-0.15, -0.1) is 0 Å². The van der Waals surface area contributed by atoms with E-state index in [1.165, 1.54) is 32.1 Å². The van der Waals surface area contributed by atoms with Crippen LogP contribution in [0.2, 0.25) is 0 Å². The van der Waals surface area contributed by atoms with Crippen molar-refractivity contribution in [2.24, 2.45) is 0 Å². The quantitative estimate of drug-likeness (QED) is 0.545. The lowest BCUT2D eigenvalue weighted by Gasteiger charge is -2.13. The Morgan fingerprint density at radius 1 is 1.42 bits per heavy atom. The molecule has 1 saturated carbocycles. The Hall–Kier alpha value is -0.0500. The molecule has 0 saturated heterocycles. The standard InChI is InChI=1S/C6H11Br.C3H6O2/c7-6-4-2-1-3-5-6;1-2-5-3-4/h6H,1-5H2;3H,2H2,1H3. The Morgan fingerprint density at radius 2 is 2.00 bits per heavy atom. The Labute approximate surface area is 82.8 Å². The van der Waals surface area contributed by atoms with E-state index in [0.717, 1.165) is 4.83 Å². The fourth-order valence-electron chi connectivity index (χ4n) is 1.12. The minimum Gasteiger partial charge on any atom is -0.468 e. The molecule has 0 radical (unpaired) electrons. The van der Waals surface area contributed by atoms with Crippen LogP contribution in [0.25, 0.3) is 0 Å². The highest BCUT2D eigenvalue weighted by atomic mass is 79.9. The summed E-state index contributed by atoms with van der Waals surface area (Å²) < 4.78 is 4.15. The highest BCUT2D eigenvalue weighted by Gasteiger charge is 2.07. The van der Waals surface area contributed by atoms with E-state index in [-0.39, 0.29) is 0 Å². The van der Waals surface area contributed by atoms with Crippen LogP contribution in [-0.4, -0.2) is 17.9 Å². The summed E-state index contributed by atoms with van der Waals surface area (Å²) in [6.45, 7) is 2.66. The average molecular weight is 237 g/mol. The number of carbonyl (C=O) groups excluding carboxylic acids is 1. The molecule has 0 N–H and O–H groups in total. The lowest BCUT2D eigenvalue weighted by Crippen LogP contribution is -2.02. The molecule has 1 rings (SSSR count). The van der Waals surface area contributed by atoms with Gasteiger partial charge in [0.2, 0.25) is 0 Å². The number of hydrogen-bond donors (Lipinski definition) is 0. The molecule has 0 atom stereocenters. The molecule has 2 nitrogen and oxygen atoms in total. The summed E-state index contributed by atoms with van der Waals surface area (Å²) in [5.74, 6) is 0. The second-order valence-corrected chi connectivity index (χ2v) is 4.08. The van der Waals surface area contributed by atoms with Gasteiger partial charge in [0.15, 0.2) is 0 Å². The average Bonchev–Trinajstić information content (AvgIpc) is 2.08. The third-order valence-corrected chi connectivity index (χ3v) is 2.69. The third-order valence-electron chi connectivity index (χ3n) is 1.77. The fraction of sp³-hybridized carbons (Fsp3) is 0.889. The topological polar surface area (TPSA) is 26.3 Å². The summed E-state index contributed by atoms with van der Waals surface area (Å²) in [5.41, 5.74) is 0. The second-order valence-electron chi connectivity index (χ2n) is 2.79. The van der Waals surface area contributed by atoms with Gasteiger partial charge in [0.1, 0.15) is 0 Å². The number of alkyl halides is 1. The molecule has 0 amide bonds. The van der Waals surface area contributed by atoms with Crippen molar-refractivity contribution in [3.63, 3.8) is 0 Å². The van der Waals surface area contributed by atoms with Crippen LogP contribution in [0, 0.1) is 0 Å². The Kier molecular flexibility index (Phi) is 9.00. The van der Waals surface area contributed by atoms with Crippen molar-refractivity contribution in [1.82, 2.24) is 0 Å². The van der Waals surface area contributed by atoms with Crippen molar-refractivity contribution in [3.05, 3.63) is 0 Å². The molecular formula is C9H17BrO2. The van der Waals surface area contributed by atoms with Crippen LogP contribution in [0.4, 0.5) is 0 Å². The molecule has 0 aromatic heterocycles. The molecule has 0 aliphatic heterocycles. The third kappa shape index (κ3) is 8.05. The molecule has 0 spiro atoms. The van der Waals surface area contributed by atoms with Gasteiger partial charge in [-0.2, -0.15) is 0 Å². The van der Waals surface area contributed by atoms with Gasteiger partial charge in [-0.25, -0.2) is 0 Å². The van der Waals surface area contributed by atoms with Crippen molar-refractivity contribution in [3.8, 4) is 0 Å². The summed E-state index contributed by atoms with van der Waals surface area (Å²) in [6, 6.07) is 0. The Balaban J connectivity index is 0.000000217. The van der Waals surface area contributed by atoms with E-state index in [9.17, 15) is 4.79 Å². The SMILES string of the molecule is BrC1CCCCC1.CCOC=O. The van der Waals surface area contributed by atoms with Crippen molar-refractivity contribution >= 4 is 22.4 Å². The van der Waals surface area contributed by atoms with E-state index in [4.69, 9.17) is 0 Å². The first-order valence-electron chi connectivity index (χ1n) is 4.50. The van der Waals surface area contributed by atoms with E-state index < -0.39 is 0 Å². The molecule has 12 heavy (non-hydrogen) atoms. The van der Waals surface area contributed by atoms with Crippen molar-refractivity contribution < 1.29 is 9.53 Å². The molecule has 1 aliphatic carbocycles. The van der Waals surface area contributed by atoms with Crippen LogP contribution in [0.15, 0.2) is 0 Å². The smallest absolute Gasteiger partial charge is 0.293 e. The number of rotatable bonds is 2. The maximum Gasteiger partial charge on any atom is 0.293 e. The highest BCUT2D eigenvalue weighted by molar-refractivity contribution is 9.09. The highest BCUT2D eigenvalue weighted by Crippen LogP contribution is 2.22. The number of ether oxygens (including phenoxy) is 1. The van der Waals surface area contributed by atoms with Crippen LogP contribution >= 0.6 is 15.9 Å². The molecule has 1 aliphatic rings. The minimum atomic E-state index is 0.431. The fourth-order valence-corrected chi connectivity index (χ4v) is 1.77. The summed E-state index contributed by atoms with van der Waals surface area (Å²) in [4.78, 5) is 10.0. The summed E-state index contributed by atoms with van der Waals surface area (Å²) in [5, 5.41) is 0. The van der Waals surface area contributed by atoms with Gasteiger partial charge >= 0.3 is 0 Å². The second kappa shape index (κ2) is 9.04. The van der Waals surface area contributed by atoms with Gasteiger partial charge < -0.3 is 4.74 Å². The monoisotopic (exact) mass is 236 g/mol. The van der Waals surface area contributed by atoms with E-state index in [1.54, 1.807) is 6.92 Å². The van der Waals surface area contributed by atoms with Crippen LogP contribution in [0.3, 0.4) is 0 Å². The minimum absolute atomic E-state index is 0.431. The van der Waals surface area contributed by atoms with Gasteiger partial charge in [0, 0.05) is 4.83 Å². The number of halogens is 1. The van der Waals surface area contributed by atoms with Crippen LogP contribution in [0.5, 0.6) is 0 Å². The van der Waals surface area contributed by atoms with Crippen LogP contribution < -0.4 is 0 Å². The largest absolute Gasteiger partial charge is 0.468 e. The molecule has 0 aromatic rings. The van der Waals surface area contributed by atoms with E-state index in [1.807, 2.05) is 0 Å². The molecular weight excluding hydrogens is 220 g/mol. The molecule has 0 bridgehead atoms. The maximum atomic E-state index is 9.18. The van der Waals surface area contributed by atoms with Crippen molar-refractivity contribution in [1.29, 1.82) is 0 Å². The first-order valence-corrected chi connectivity index (χ1v) is 5.42. The normalized spacial score (nSPS) is 17.5. The summed E-state index contributed by atoms with van der Waals surface area (Å²) >= 11 is 3.59. The molecule has 72 valence electrons. The molecule has 0 unspecified atom stereocenters. The van der Waals surface area contributed by atoms with Gasteiger partial charge in [0.25, 0.3) is 6.47 Å². The zero-order chi connectivity index (χ0) is 9.23. The Morgan fingerprint density at radius 3 is 2.17 bits per heavy atom. The lowest BCUT2D eigenvalue weighted by molar-refractivity contribution is -0.128. The number of hydrogen-bond acceptors (Lipinski definition) is 2. The first-order chi connectivity index (χ1) is 5.81. The summed E-state index contributed by atoms with van der Waals surface area (Å²) in [6.07, 6.45) is 7.15. The predicted molar refractivity (Wildman–Crippen MR) is 53.5 cm³/mol.